The molecule has 2 unspecified atom stereocenters. The van der Waals surface area contributed by atoms with Crippen molar-refractivity contribution in [1.82, 2.24) is 4.90 Å². The summed E-state index contributed by atoms with van der Waals surface area (Å²) < 4.78 is 5.71. The van der Waals surface area contributed by atoms with Crippen molar-refractivity contribution in [3.05, 3.63) is 0 Å². The standard InChI is InChI=1S/C12H21NO2/c1-13(10-5-6-11(14)8-10)9-12-4-2-3-7-15-12/h10,12H,2-9H2,1H3. The van der Waals surface area contributed by atoms with Crippen molar-refractivity contribution in [2.24, 2.45) is 0 Å². The van der Waals surface area contributed by atoms with Crippen LogP contribution in [0.4, 0.5) is 0 Å². The largest absolute Gasteiger partial charge is 0.377 e. The van der Waals surface area contributed by atoms with Gasteiger partial charge >= 0.3 is 0 Å². The molecule has 0 N–H and O–H groups in total. The molecule has 1 heterocycles. The molecule has 1 aliphatic heterocycles. The summed E-state index contributed by atoms with van der Waals surface area (Å²) in [6, 6.07) is 0.475. The van der Waals surface area contributed by atoms with E-state index in [-0.39, 0.29) is 0 Å². The lowest BCUT2D eigenvalue weighted by atomic mass is 10.1. The Bertz CT molecular complexity index is 224. The van der Waals surface area contributed by atoms with Crippen LogP contribution in [-0.2, 0) is 9.53 Å². The highest BCUT2D eigenvalue weighted by Gasteiger charge is 2.27. The highest BCUT2D eigenvalue weighted by molar-refractivity contribution is 5.81. The number of likely N-dealkylation sites (N-methyl/N-ethyl adjacent to an activating group) is 1. The number of ether oxygens (including phenoxy) is 1. The summed E-state index contributed by atoms with van der Waals surface area (Å²) in [5.74, 6) is 0.427. The minimum absolute atomic E-state index is 0.402. The van der Waals surface area contributed by atoms with Crippen LogP contribution in [0.5, 0.6) is 0 Å². The van der Waals surface area contributed by atoms with Crippen molar-refractivity contribution < 1.29 is 9.53 Å². The normalized spacial score (nSPS) is 32.5. The Labute approximate surface area is 91.8 Å². The maximum absolute atomic E-state index is 11.2. The molecule has 1 saturated carbocycles. The van der Waals surface area contributed by atoms with Gasteiger partial charge in [-0.1, -0.05) is 0 Å². The summed E-state index contributed by atoms with van der Waals surface area (Å²) in [7, 11) is 2.13. The van der Waals surface area contributed by atoms with Crippen LogP contribution in [0.15, 0.2) is 0 Å². The molecule has 15 heavy (non-hydrogen) atoms. The van der Waals surface area contributed by atoms with Crippen LogP contribution >= 0.6 is 0 Å². The van der Waals surface area contributed by atoms with Crippen molar-refractivity contribution in [1.29, 1.82) is 0 Å². The molecular weight excluding hydrogens is 190 g/mol. The third-order valence-electron chi connectivity index (χ3n) is 3.61. The first-order chi connectivity index (χ1) is 7.25. The van der Waals surface area contributed by atoms with E-state index in [1.54, 1.807) is 0 Å². The number of Topliss-reactive ketones (excluding diaryl/α,β-unsaturated/α-hetero) is 1. The molecule has 2 fully saturated rings. The second-order valence-electron chi connectivity index (χ2n) is 4.86. The van der Waals surface area contributed by atoms with Crippen molar-refractivity contribution in [2.45, 2.75) is 50.7 Å². The van der Waals surface area contributed by atoms with Crippen LogP contribution in [0.25, 0.3) is 0 Å². The second-order valence-corrected chi connectivity index (χ2v) is 4.86. The van der Waals surface area contributed by atoms with E-state index in [9.17, 15) is 4.79 Å². The third-order valence-corrected chi connectivity index (χ3v) is 3.61. The molecule has 0 spiro atoms. The van der Waals surface area contributed by atoms with Crippen molar-refractivity contribution >= 4 is 5.78 Å². The fourth-order valence-electron chi connectivity index (χ4n) is 2.59. The zero-order valence-electron chi connectivity index (χ0n) is 9.58. The fourth-order valence-corrected chi connectivity index (χ4v) is 2.59. The average molecular weight is 211 g/mol. The average Bonchev–Trinajstić information content (AvgIpc) is 2.66. The Morgan fingerprint density at radius 1 is 1.40 bits per heavy atom. The zero-order valence-corrected chi connectivity index (χ0v) is 9.58. The summed E-state index contributed by atoms with van der Waals surface area (Å²) in [5, 5.41) is 0. The lowest BCUT2D eigenvalue weighted by Crippen LogP contribution is -2.38. The van der Waals surface area contributed by atoms with E-state index in [4.69, 9.17) is 4.74 Å². The Morgan fingerprint density at radius 3 is 2.87 bits per heavy atom. The van der Waals surface area contributed by atoms with Gasteiger partial charge in [-0.3, -0.25) is 4.79 Å². The summed E-state index contributed by atoms with van der Waals surface area (Å²) in [6.07, 6.45) is 6.67. The molecule has 2 aliphatic rings. The zero-order chi connectivity index (χ0) is 10.7. The van der Waals surface area contributed by atoms with Gasteiger partial charge in [0.25, 0.3) is 0 Å². The number of hydrogen-bond donors (Lipinski definition) is 0. The van der Waals surface area contributed by atoms with Gasteiger partial charge < -0.3 is 9.64 Å². The molecule has 0 aromatic heterocycles. The minimum atomic E-state index is 0.402. The van der Waals surface area contributed by atoms with Gasteiger partial charge in [-0.25, -0.2) is 0 Å². The first-order valence-corrected chi connectivity index (χ1v) is 6.09. The Hall–Kier alpha value is -0.410. The fraction of sp³-hybridized carbons (Fsp3) is 0.917. The molecule has 1 saturated heterocycles. The predicted molar refractivity (Wildman–Crippen MR) is 58.9 cm³/mol. The van der Waals surface area contributed by atoms with Gasteiger partial charge in [-0.05, 0) is 32.7 Å². The van der Waals surface area contributed by atoms with Gasteiger partial charge in [-0.15, -0.1) is 0 Å². The third kappa shape index (κ3) is 3.02. The van der Waals surface area contributed by atoms with Crippen molar-refractivity contribution in [2.75, 3.05) is 20.2 Å². The number of ketones is 1. The van der Waals surface area contributed by atoms with Gasteiger partial charge in [-0.2, -0.15) is 0 Å². The van der Waals surface area contributed by atoms with Crippen LogP contribution in [0.3, 0.4) is 0 Å². The molecule has 3 heteroatoms. The van der Waals surface area contributed by atoms with E-state index >= 15 is 0 Å². The van der Waals surface area contributed by atoms with E-state index < -0.39 is 0 Å². The molecule has 3 nitrogen and oxygen atoms in total. The van der Waals surface area contributed by atoms with Crippen LogP contribution in [0.2, 0.25) is 0 Å². The van der Waals surface area contributed by atoms with Gasteiger partial charge in [0.1, 0.15) is 5.78 Å². The van der Waals surface area contributed by atoms with Gasteiger partial charge in [0.15, 0.2) is 0 Å². The number of nitrogens with zero attached hydrogens (tertiary/aromatic N) is 1. The Kier molecular flexibility index (Phi) is 3.76. The van der Waals surface area contributed by atoms with E-state index in [0.29, 0.717) is 17.9 Å². The molecule has 0 aromatic carbocycles. The monoisotopic (exact) mass is 211 g/mol. The summed E-state index contributed by atoms with van der Waals surface area (Å²) in [6.45, 7) is 1.92. The molecule has 1 aliphatic carbocycles. The molecule has 0 bridgehead atoms. The molecular formula is C12H21NO2. The van der Waals surface area contributed by atoms with Crippen LogP contribution in [0.1, 0.15) is 38.5 Å². The molecule has 2 atom stereocenters. The van der Waals surface area contributed by atoms with Crippen LogP contribution < -0.4 is 0 Å². The molecule has 86 valence electrons. The van der Waals surface area contributed by atoms with E-state index in [0.717, 1.165) is 32.4 Å². The van der Waals surface area contributed by atoms with E-state index in [1.807, 2.05) is 0 Å². The highest BCUT2D eigenvalue weighted by Crippen LogP contribution is 2.21. The van der Waals surface area contributed by atoms with Crippen LogP contribution in [-0.4, -0.2) is 43.0 Å². The van der Waals surface area contributed by atoms with Gasteiger partial charge in [0, 0.05) is 32.0 Å². The predicted octanol–water partition coefficient (Wildman–Crippen LogP) is 1.61. The first-order valence-electron chi connectivity index (χ1n) is 6.09. The summed E-state index contributed by atoms with van der Waals surface area (Å²) >= 11 is 0. The smallest absolute Gasteiger partial charge is 0.134 e. The SMILES string of the molecule is CN(CC1CCCCO1)C1CCC(=O)C1. The molecule has 2 rings (SSSR count). The molecule has 0 amide bonds. The maximum atomic E-state index is 11.2. The maximum Gasteiger partial charge on any atom is 0.134 e. The first kappa shape index (κ1) is 11.1. The van der Waals surface area contributed by atoms with E-state index in [2.05, 4.69) is 11.9 Å². The topological polar surface area (TPSA) is 29.5 Å². The lowest BCUT2D eigenvalue weighted by molar-refractivity contribution is -0.117. The van der Waals surface area contributed by atoms with Crippen LogP contribution in [0, 0.1) is 0 Å². The van der Waals surface area contributed by atoms with Crippen molar-refractivity contribution in [3.63, 3.8) is 0 Å². The molecule has 0 radical (unpaired) electrons. The number of rotatable bonds is 3. The summed E-state index contributed by atoms with van der Waals surface area (Å²) in [5.41, 5.74) is 0. The lowest BCUT2D eigenvalue weighted by Gasteiger charge is -2.30. The van der Waals surface area contributed by atoms with Gasteiger partial charge in [0.05, 0.1) is 6.10 Å². The number of hydrogen-bond acceptors (Lipinski definition) is 3. The van der Waals surface area contributed by atoms with E-state index in [1.165, 1.54) is 19.3 Å². The molecule has 0 aromatic rings. The highest BCUT2D eigenvalue weighted by atomic mass is 16.5. The van der Waals surface area contributed by atoms with Crippen molar-refractivity contribution in [3.8, 4) is 0 Å². The quantitative estimate of drug-likeness (QED) is 0.710. The minimum Gasteiger partial charge on any atom is -0.377 e. The number of carbonyl (C=O) groups is 1. The number of carbonyl (C=O) groups excluding carboxylic acids is 1. The summed E-state index contributed by atoms with van der Waals surface area (Å²) in [4.78, 5) is 13.5. The Balaban J connectivity index is 1.75. The van der Waals surface area contributed by atoms with Gasteiger partial charge in [0.2, 0.25) is 0 Å². The second kappa shape index (κ2) is 5.08. The Morgan fingerprint density at radius 2 is 2.27 bits per heavy atom.